The van der Waals surface area contributed by atoms with Crippen LogP contribution < -0.4 is 9.64 Å². The Labute approximate surface area is 202 Å². The van der Waals surface area contributed by atoms with E-state index in [1.165, 1.54) is 17.3 Å². The molecule has 166 valence electrons. The first kappa shape index (κ1) is 21.7. The first-order valence-electron chi connectivity index (χ1n) is 10.7. The number of benzene rings is 3. The number of hydrogen-bond donors (Lipinski definition) is 0. The number of carbonyl (C=O) groups excluding carboxylic acids is 1. The molecule has 5 rings (SSSR count). The zero-order valence-electron chi connectivity index (χ0n) is 18.4. The van der Waals surface area contributed by atoms with Gasteiger partial charge in [0, 0.05) is 18.5 Å². The van der Waals surface area contributed by atoms with Crippen LogP contribution in [-0.2, 0) is 11.2 Å². The van der Waals surface area contributed by atoms with Gasteiger partial charge in [-0.25, -0.2) is 4.99 Å². The van der Waals surface area contributed by atoms with Crippen LogP contribution in [0.5, 0.6) is 5.75 Å². The number of carbonyl (C=O) groups is 1. The van der Waals surface area contributed by atoms with Crippen molar-refractivity contribution in [1.82, 2.24) is 4.90 Å². The minimum Gasteiger partial charge on any atom is -0.497 e. The summed E-state index contributed by atoms with van der Waals surface area (Å²) in [7, 11) is 3.66. The Morgan fingerprint density at radius 3 is 2.36 bits per heavy atom. The van der Waals surface area contributed by atoms with E-state index in [0.29, 0.717) is 11.7 Å². The fourth-order valence-corrected chi connectivity index (χ4v) is 6.14. The second kappa shape index (κ2) is 9.37. The van der Waals surface area contributed by atoms with Gasteiger partial charge in [-0.1, -0.05) is 54.2 Å². The first-order valence-corrected chi connectivity index (χ1v) is 12.3. The van der Waals surface area contributed by atoms with Crippen molar-refractivity contribution in [2.75, 3.05) is 25.6 Å². The second-order valence-corrected chi connectivity index (χ2v) is 9.66. The molecule has 1 fully saturated rings. The summed E-state index contributed by atoms with van der Waals surface area (Å²) in [6.45, 7) is 0.572. The summed E-state index contributed by atoms with van der Waals surface area (Å²) in [5, 5.41) is 1.66. The lowest BCUT2D eigenvalue weighted by atomic mass is 10.1. The largest absolute Gasteiger partial charge is 0.497 e. The van der Waals surface area contributed by atoms with Gasteiger partial charge in [-0.15, -0.1) is 0 Å². The predicted molar refractivity (Wildman–Crippen MR) is 137 cm³/mol. The Balaban J connectivity index is 1.48. The molecule has 7 heteroatoms. The lowest BCUT2D eigenvalue weighted by Crippen LogP contribution is -2.31. The molecule has 0 saturated carbocycles. The maximum atomic E-state index is 13.6. The maximum absolute atomic E-state index is 13.6. The number of aliphatic imine (C=N–C) groups is 1. The number of thioether (sulfide) groups is 2. The van der Waals surface area contributed by atoms with E-state index < -0.39 is 0 Å². The highest BCUT2D eigenvalue weighted by atomic mass is 32.2. The van der Waals surface area contributed by atoms with Crippen molar-refractivity contribution in [2.24, 2.45) is 4.99 Å². The van der Waals surface area contributed by atoms with Gasteiger partial charge in [-0.2, -0.15) is 0 Å². The van der Waals surface area contributed by atoms with Crippen molar-refractivity contribution in [3.8, 4) is 5.75 Å². The van der Waals surface area contributed by atoms with E-state index in [0.717, 1.165) is 38.4 Å². The molecule has 0 aromatic heterocycles. The van der Waals surface area contributed by atoms with Crippen LogP contribution in [0.15, 0.2) is 98.7 Å². The number of amides is 1. The third-order valence-corrected chi connectivity index (χ3v) is 7.99. The van der Waals surface area contributed by atoms with Gasteiger partial charge in [-0.05, 0) is 60.1 Å². The molecule has 0 aliphatic carbocycles. The van der Waals surface area contributed by atoms with E-state index in [-0.39, 0.29) is 5.91 Å². The molecule has 2 aliphatic heterocycles. The van der Waals surface area contributed by atoms with Crippen LogP contribution in [-0.4, -0.2) is 36.7 Å². The lowest BCUT2D eigenvalue weighted by molar-refractivity contribution is -0.122. The van der Waals surface area contributed by atoms with Crippen LogP contribution in [0.2, 0.25) is 0 Å². The maximum Gasteiger partial charge on any atom is 0.269 e. The van der Waals surface area contributed by atoms with Crippen LogP contribution in [0.3, 0.4) is 0 Å². The van der Waals surface area contributed by atoms with Gasteiger partial charge >= 0.3 is 0 Å². The molecule has 5 nitrogen and oxygen atoms in total. The van der Waals surface area contributed by atoms with Crippen LogP contribution in [0.25, 0.3) is 0 Å². The van der Waals surface area contributed by atoms with Gasteiger partial charge in [-0.3, -0.25) is 9.69 Å². The number of amidine groups is 1. The topological polar surface area (TPSA) is 45.1 Å². The molecule has 33 heavy (non-hydrogen) atoms. The third kappa shape index (κ3) is 4.38. The summed E-state index contributed by atoms with van der Waals surface area (Å²) in [5.74, 6) is 0.782. The van der Waals surface area contributed by atoms with Gasteiger partial charge in [0.05, 0.1) is 23.5 Å². The minimum absolute atomic E-state index is 0.00495. The standard InChI is InChI=1S/C26H23N3O2S2/c1-28-21-10-6-7-11-22(21)32-25(28)23-24(30)29(17-16-18-8-4-3-5-9-18)26(33-23)27-19-12-14-20(31-2)15-13-19/h3-15H,16-17H2,1-2H3. The number of para-hydroxylation sites is 1. The summed E-state index contributed by atoms with van der Waals surface area (Å²) < 4.78 is 5.26. The quantitative estimate of drug-likeness (QED) is 0.431. The van der Waals surface area contributed by atoms with Crippen molar-refractivity contribution in [3.63, 3.8) is 0 Å². The lowest BCUT2D eigenvalue weighted by Gasteiger charge is -2.16. The molecule has 1 amide bonds. The molecule has 1 saturated heterocycles. The summed E-state index contributed by atoms with van der Waals surface area (Å²) >= 11 is 3.09. The van der Waals surface area contributed by atoms with Crippen LogP contribution in [0, 0.1) is 0 Å². The first-order chi connectivity index (χ1) is 16.1. The Kier molecular flexibility index (Phi) is 6.15. The summed E-state index contributed by atoms with van der Waals surface area (Å²) in [6, 6.07) is 26.0. The molecule has 0 spiro atoms. The molecular formula is C26H23N3O2S2. The molecule has 3 aromatic carbocycles. The number of hydrogen-bond acceptors (Lipinski definition) is 6. The highest BCUT2D eigenvalue weighted by molar-refractivity contribution is 8.19. The van der Waals surface area contributed by atoms with Gasteiger partial charge in [0.1, 0.15) is 10.7 Å². The molecule has 2 aliphatic rings. The van der Waals surface area contributed by atoms with Crippen molar-refractivity contribution >= 4 is 46.0 Å². The number of fused-ring (bicyclic) bond motifs is 1. The molecule has 2 heterocycles. The minimum atomic E-state index is 0.00495. The molecule has 0 radical (unpaired) electrons. The molecule has 0 N–H and O–H groups in total. The summed E-state index contributed by atoms with van der Waals surface area (Å²) in [4.78, 5) is 24.2. The Morgan fingerprint density at radius 2 is 1.64 bits per heavy atom. The Hall–Kier alpha value is -3.16. The number of nitrogens with zero attached hydrogens (tertiary/aromatic N) is 3. The van der Waals surface area contributed by atoms with E-state index in [9.17, 15) is 4.79 Å². The van der Waals surface area contributed by atoms with Gasteiger partial charge in [0.15, 0.2) is 5.17 Å². The van der Waals surface area contributed by atoms with Gasteiger partial charge < -0.3 is 9.64 Å². The van der Waals surface area contributed by atoms with E-state index in [2.05, 4.69) is 29.2 Å². The number of ether oxygens (including phenoxy) is 1. The number of methoxy groups -OCH3 is 1. The molecule has 0 atom stereocenters. The normalized spacial score (nSPS) is 18.8. The van der Waals surface area contributed by atoms with E-state index in [1.807, 2.05) is 66.5 Å². The predicted octanol–water partition coefficient (Wildman–Crippen LogP) is 5.91. The monoisotopic (exact) mass is 473 g/mol. The van der Waals surface area contributed by atoms with Crippen molar-refractivity contribution < 1.29 is 9.53 Å². The van der Waals surface area contributed by atoms with Crippen LogP contribution >= 0.6 is 23.5 Å². The summed E-state index contributed by atoms with van der Waals surface area (Å²) in [5.41, 5.74) is 3.10. The zero-order chi connectivity index (χ0) is 22.8. The molecular weight excluding hydrogens is 450 g/mol. The van der Waals surface area contributed by atoms with E-state index >= 15 is 0 Å². The van der Waals surface area contributed by atoms with E-state index in [4.69, 9.17) is 9.73 Å². The molecule has 0 bridgehead atoms. The highest BCUT2D eigenvalue weighted by Gasteiger charge is 2.38. The highest BCUT2D eigenvalue weighted by Crippen LogP contribution is 2.50. The van der Waals surface area contributed by atoms with Crippen molar-refractivity contribution in [1.29, 1.82) is 0 Å². The second-order valence-electron chi connectivity index (χ2n) is 7.65. The molecule has 3 aromatic rings. The third-order valence-electron chi connectivity index (χ3n) is 5.56. The Morgan fingerprint density at radius 1 is 0.909 bits per heavy atom. The van der Waals surface area contributed by atoms with Gasteiger partial charge in [0.25, 0.3) is 5.91 Å². The Bertz CT molecular complexity index is 1240. The molecule has 0 unspecified atom stereocenters. The van der Waals surface area contributed by atoms with Gasteiger partial charge in [0.2, 0.25) is 0 Å². The summed E-state index contributed by atoms with van der Waals surface area (Å²) in [6.07, 6.45) is 0.764. The fraction of sp³-hybridized carbons (Fsp3) is 0.154. The van der Waals surface area contributed by atoms with Crippen molar-refractivity contribution in [2.45, 2.75) is 11.3 Å². The average Bonchev–Trinajstić information content (AvgIpc) is 3.35. The average molecular weight is 474 g/mol. The number of rotatable bonds is 5. The van der Waals surface area contributed by atoms with Crippen molar-refractivity contribution in [3.05, 3.63) is 94.4 Å². The van der Waals surface area contributed by atoms with Crippen LogP contribution in [0.4, 0.5) is 11.4 Å². The van der Waals surface area contributed by atoms with Crippen LogP contribution in [0.1, 0.15) is 5.56 Å². The number of anilines is 1. The van der Waals surface area contributed by atoms with E-state index in [1.54, 1.807) is 18.9 Å². The zero-order valence-corrected chi connectivity index (χ0v) is 20.0. The fourth-order valence-electron chi connectivity index (χ4n) is 3.77. The smallest absolute Gasteiger partial charge is 0.269 e. The SMILES string of the molecule is COc1ccc(N=C2SC(=C3Sc4ccccc4N3C)C(=O)N2CCc2ccccc2)cc1.